The lowest BCUT2D eigenvalue weighted by Crippen LogP contribution is -2.21. The number of fused-ring (bicyclic) bond motifs is 6. The maximum Gasteiger partial charge on any atom is 0.344 e. The topological polar surface area (TPSA) is 39.4 Å². The molecule has 3 nitrogen and oxygen atoms in total. The quantitative estimate of drug-likeness (QED) is 0.299. The fraction of sp³-hybridized carbons (Fsp3) is 0.0741. The van der Waals surface area contributed by atoms with Gasteiger partial charge < -0.3 is 9.15 Å². The minimum atomic E-state index is -0.354. The summed E-state index contributed by atoms with van der Waals surface area (Å²) in [5.41, 5.74) is 3.97. The first kappa shape index (κ1) is 17.0. The van der Waals surface area contributed by atoms with Crippen molar-refractivity contribution < 1.29 is 9.15 Å². The first-order chi connectivity index (χ1) is 14.7. The molecular weight excluding hydrogens is 372 g/mol. The standard InChI is InChI=1S/C27H18O3/c1-16-10-12-18(13-11-16)23-24-19-7-3-2-6-17(19)14-15-22(24)29-26-20-8-4-5-9-21(20)30-27(28)25(23)26/h2-15,23H,1H3. The van der Waals surface area contributed by atoms with Crippen molar-refractivity contribution in [3.05, 3.63) is 118 Å². The van der Waals surface area contributed by atoms with Crippen LogP contribution >= 0.6 is 0 Å². The van der Waals surface area contributed by atoms with Gasteiger partial charge in [0.1, 0.15) is 17.1 Å². The summed E-state index contributed by atoms with van der Waals surface area (Å²) < 4.78 is 12.1. The van der Waals surface area contributed by atoms with Gasteiger partial charge in [0.25, 0.3) is 0 Å². The first-order valence-corrected chi connectivity index (χ1v) is 10.0. The molecule has 1 aliphatic heterocycles. The van der Waals surface area contributed by atoms with E-state index in [2.05, 4.69) is 49.4 Å². The SMILES string of the molecule is Cc1ccc(C2c3c(c4ccccc4oc3=O)Oc3ccc4ccccc4c32)cc1. The lowest BCUT2D eigenvalue weighted by Gasteiger charge is -2.29. The zero-order valence-electron chi connectivity index (χ0n) is 16.4. The van der Waals surface area contributed by atoms with Gasteiger partial charge >= 0.3 is 5.63 Å². The maximum atomic E-state index is 13.2. The smallest absolute Gasteiger partial charge is 0.344 e. The molecule has 2 heterocycles. The van der Waals surface area contributed by atoms with E-state index in [4.69, 9.17) is 9.15 Å². The number of hydrogen-bond donors (Lipinski definition) is 0. The van der Waals surface area contributed by atoms with Crippen molar-refractivity contribution in [1.82, 2.24) is 0 Å². The third-order valence-corrected chi connectivity index (χ3v) is 5.93. The molecule has 0 N–H and O–H groups in total. The van der Waals surface area contributed by atoms with Crippen LogP contribution in [0.1, 0.15) is 28.2 Å². The van der Waals surface area contributed by atoms with Crippen LogP contribution in [0.3, 0.4) is 0 Å². The van der Waals surface area contributed by atoms with Crippen LogP contribution in [0.15, 0.2) is 94.1 Å². The van der Waals surface area contributed by atoms with E-state index in [1.54, 1.807) is 6.07 Å². The molecule has 0 aliphatic carbocycles. The van der Waals surface area contributed by atoms with Gasteiger partial charge in [0.05, 0.1) is 10.9 Å². The monoisotopic (exact) mass is 390 g/mol. The minimum Gasteiger partial charge on any atom is -0.456 e. The molecule has 0 saturated carbocycles. The molecule has 3 heteroatoms. The average molecular weight is 390 g/mol. The minimum absolute atomic E-state index is 0.267. The van der Waals surface area contributed by atoms with Crippen LogP contribution in [0.4, 0.5) is 0 Å². The number of aryl methyl sites for hydroxylation is 1. The van der Waals surface area contributed by atoms with Gasteiger partial charge in [0.2, 0.25) is 0 Å². The molecule has 0 bridgehead atoms. The van der Waals surface area contributed by atoms with E-state index < -0.39 is 0 Å². The lowest BCUT2D eigenvalue weighted by atomic mass is 9.80. The van der Waals surface area contributed by atoms with E-state index in [-0.39, 0.29) is 11.5 Å². The van der Waals surface area contributed by atoms with Gasteiger partial charge in [-0.1, -0.05) is 72.3 Å². The van der Waals surface area contributed by atoms with Crippen molar-refractivity contribution in [2.75, 3.05) is 0 Å². The lowest BCUT2D eigenvalue weighted by molar-refractivity contribution is 0.441. The van der Waals surface area contributed by atoms with Gasteiger partial charge in [0.15, 0.2) is 0 Å². The van der Waals surface area contributed by atoms with Crippen molar-refractivity contribution in [2.24, 2.45) is 0 Å². The molecule has 6 rings (SSSR count). The predicted molar refractivity (Wildman–Crippen MR) is 119 cm³/mol. The Hall–Kier alpha value is -3.85. The predicted octanol–water partition coefficient (Wildman–Crippen LogP) is 6.54. The summed E-state index contributed by atoms with van der Waals surface area (Å²) in [6, 6.07) is 28.2. The van der Waals surface area contributed by atoms with E-state index in [1.165, 1.54) is 5.56 Å². The molecule has 1 aromatic heterocycles. The number of benzene rings is 4. The Morgan fingerprint density at radius 2 is 1.47 bits per heavy atom. The molecule has 1 aliphatic rings. The third kappa shape index (κ3) is 2.42. The summed E-state index contributed by atoms with van der Waals surface area (Å²) in [4.78, 5) is 13.2. The fourth-order valence-electron chi connectivity index (χ4n) is 4.50. The molecule has 4 aromatic carbocycles. The number of rotatable bonds is 1. The average Bonchev–Trinajstić information content (AvgIpc) is 2.78. The summed E-state index contributed by atoms with van der Waals surface area (Å²) in [6.07, 6.45) is 0. The summed E-state index contributed by atoms with van der Waals surface area (Å²) in [6.45, 7) is 2.06. The van der Waals surface area contributed by atoms with Gasteiger partial charge in [-0.3, -0.25) is 0 Å². The zero-order valence-corrected chi connectivity index (χ0v) is 16.4. The van der Waals surface area contributed by atoms with Crippen molar-refractivity contribution in [1.29, 1.82) is 0 Å². The number of hydrogen-bond acceptors (Lipinski definition) is 3. The van der Waals surface area contributed by atoms with Gasteiger partial charge in [-0.15, -0.1) is 0 Å². The summed E-state index contributed by atoms with van der Waals surface area (Å²) >= 11 is 0. The zero-order chi connectivity index (χ0) is 20.2. The summed E-state index contributed by atoms with van der Waals surface area (Å²) in [7, 11) is 0. The van der Waals surface area contributed by atoms with E-state index in [1.807, 2.05) is 36.4 Å². The van der Waals surface area contributed by atoms with Crippen LogP contribution < -0.4 is 10.4 Å². The van der Waals surface area contributed by atoms with Crippen molar-refractivity contribution in [2.45, 2.75) is 12.8 Å². The number of para-hydroxylation sites is 1. The van der Waals surface area contributed by atoms with Crippen molar-refractivity contribution in [3.8, 4) is 11.5 Å². The molecule has 0 spiro atoms. The van der Waals surface area contributed by atoms with Gasteiger partial charge in [-0.25, -0.2) is 4.79 Å². The molecule has 0 saturated heterocycles. The Kier molecular flexibility index (Phi) is 3.59. The second-order valence-corrected chi connectivity index (χ2v) is 7.77. The largest absolute Gasteiger partial charge is 0.456 e. The van der Waals surface area contributed by atoms with E-state index in [0.717, 1.165) is 33.0 Å². The normalized spacial score (nSPS) is 14.9. The maximum absolute atomic E-state index is 13.2. The first-order valence-electron chi connectivity index (χ1n) is 10.0. The molecule has 0 radical (unpaired) electrons. The molecular formula is C27H18O3. The molecule has 0 fully saturated rings. The molecule has 144 valence electrons. The van der Waals surface area contributed by atoms with Crippen LogP contribution in [-0.2, 0) is 0 Å². The van der Waals surface area contributed by atoms with Crippen LogP contribution in [0.25, 0.3) is 21.7 Å². The Bertz CT molecular complexity index is 1490. The highest BCUT2D eigenvalue weighted by Crippen LogP contribution is 2.50. The molecule has 0 amide bonds. The van der Waals surface area contributed by atoms with Crippen LogP contribution in [0.5, 0.6) is 11.5 Å². The molecule has 5 aromatic rings. The highest BCUT2D eigenvalue weighted by Gasteiger charge is 2.35. The van der Waals surface area contributed by atoms with Gasteiger partial charge in [-0.2, -0.15) is 0 Å². The van der Waals surface area contributed by atoms with Crippen LogP contribution in [0, 0.1) is 6.92 Å². The van der Waals surface area contributed by atoms with E-state index >= 15 is 0 Å². The second kappa shape index (κ2) is 6.33. The van der Waals surface area contributed by atoms with Crippen LogP contribution in [-0.4, -0.2) is 0 Å². The van der Waals surface area contributed by atoms with E-state index in [0.29, 0.717) is 16.9 Å². The van der Waals surface area contributed by atoms with Crippen molar-refractivity contribution in [3.63, 3.8) is 0 Å². The molecule has 1 atom stereocenters. The number of ether oxygens (including phenoxy) is 1. The third-order valence-electron chi connectivity index (χ3n) is 5.93. The second-order valence-electron chi connectivity index (χ2n) is 7.77. The van der Waals surface area contributed by atoms with Gasteiger partial charge in [-0.05, 0) is 41.5 Å². The highest BCUT2D eigenvalue weighted by molar-refractivity contribution is 5.92. The Balaban J connectivity index is 1.76. The molecule has 30 heavy (non-hydrogen) atoms. The molecule has 1 unspecified atom stereocenters. The van der Waals surface area contributed by atoms with E-state index in [9.17, 15) is 4.79 Å². The Labute approximate surface area is 173 Å². The summed E-state index contributed by atoms with van der Waals surface area (Å²) in [5, 5.41) is 3.01. The van der Waals surface area contributed by atoms with Gasteiger partial charge in [0, 0.05) is 11.5 Å². The fourth-order valence-corrected chi connectivity index (χ4v) is 4.50. The van der Waals surface area contributed by atoms with Crippen LogP contribution in [0.2, 0.25) is 0 Å². The summed E-state index contributed by atoms with van der Waals surface area (Å²) in [5.74, 6) is 1.11. The highest BCUT2D eigenvalue weighted by atomic mass is 16.5. The van der Waals surface area contributed by atoms with Crippen molar-refractivity contribution >= 4 is 21.7 Å². The Morgan fingerprint density at radius 1 is 0.733 bits per heavy atom. The Morgan fingerprint density at radius 3 is 2.30 bits per heavy atom.